The van der Waals surface area contributed by atoms with Crippen molar-refractivity contribution >= 4 is 17.8 Å². The molecule has 2 aromatic carbocycles. The summed E-state index contributed by atoms with van der Waals surface area (Å²) in [6.45, 7) is 0.316. The smallest absolute Gasteiger partial charge is 0.303 e. The Morgan fingerprint density at radius 3 is 1.63 bits per heavy atom. The molecule has 0 spiro atoms. The third-order valence-corrected chi connectivity index (χ3v) is 4.27. The number of amides is 2. The molecule has 0 bridgehead atoms. The second-order valence-electron chi connectivity index (χ2n) is 6.47. The van der Waals surface area contributed by atoms with E-state index in [1.54, 1.807) is 0 Å². The molecular formula is C22H25NO4. The van der Waals surface area contributed by atoms with Crippen molar-refractivity contribution in [3.63, 3.8) is 0 Å². The molecule has 1 N–H and O–H groups in total. The summed E-state index contributed by atoms with van der Waals surface area (Å²) in [6, 6.07) is 18.7. The van der Waals surface area contributed by atoms with Gasteiger partial charge in [0.05, 0.1) is 12.8 Å². The van der Waals surface area contributed by atoms with E-state index in [1.807, 2.05) is 60.7 Å². The van der Waals surface area contributed by atoms with Crippen molar-refractivity contribution in [3.05, 3.63) is 71.8 Å². The van der Waals surface area contributed by atoms with Crippen molar-refractivity contribution in [2.45, 2.75) is 38.5 Å². The van der Waals surface area contributed by atoms with Crippen LogP contribution in [0.25, 0.3) is 0 Å². The number of carbonyl (C=O) groups is 3. The quantitative estimate of drug-likeness (QED) is 0.653. The number of rotatable bonds is 10. The molecule has 0 radical (unpaired) electrons. The number of carboxylic acids is 1. The minimum Gasteiger partial charge on any atom is -0.481 e. The molecule has 0 unspecified atom stereocenters. The zero-order chi connectivity index (χ0) is 19.5. The van der Waals surface area contributed by atoms with Gasteiger partial charge in [-0.2, -0.15) is 0 Å². The lowest BCUT2D eigenvalue weighted by molar-refractivity contribution is -0.144. The lowest BCUT2D eigenvalue weighted by Crippen LogP contribution is -2.39. The Labute approximate surface area is 159 Å². The van der Waals surface area contributed by atoms with Gasteiger partial charge < -0.3 is 5.11 Å². The lowest BCUT2D eigenvalue weighted by Gasteiger charge is -2.21. The molecule has 0 saturated carbocycles. The molecule has 0 aliphatic carbocycles. The van der Waals surface area contributed by atoms with Gasteiger partial charge in [0.1, 0.15) is 0 Å². The number of aliphatic carboxylic acids is 1. The number of nitrogens with zero attached hydrogens (tertiary/aromatic N) is 1. The van der Waals surface area contributed by atoms with E-state index in [2.05, 4.69) is 0 Å². The second-order valence-corrected chi connectivity index (χ2v) is 6.47. The van der Waals surface area contributed by atoms with E-state index in [0.29, 0.717) is 25.8 Å². The van der Waals surface area contributed by atoms with Crippen molar-refractivity contribution in [1.82, 2.24) is 4.90 Å². The molecule has 0 saturated heterocycles. The van der Waals surface area contributed by atoms with Gasteiger partial charge >= 0.3 is 5.97 Å². The Morgan fingerprint density at radius 2 is 1.19 bits per heavy atom. The maximum atomic E-state index is 12.7. The van der Waals surface area contributed by atoms with Gasteiger partial charge in [0.25, 0.3) is 0 Å². The average molecular weight is 367 g/mol. The van der Waals surface area contributed by atoms with Gasteiger partial charge in [0.2, 0.25) is 11.8 Å². The molecule has 0 heterocycles. The van der Waals surface area contributed by atoms with Crippen LogP contribution in [0.1, 0.15) is 36.8 Å². The number of hydrogen-bond donors (Lipinski definition) is 1. The number of hydrogen-bond acceptors (Lipinski definition) is 3. The molecule has 0 atom stereocenters. The van der Waals surface area contributed by atoms with Crippen LogP contribution < -0.4 is 0 Å². The van der Waals surface area contributed by atoms with Crippen LogP contribution in [0.3, 0.4) is 0 Å². The van der Waals surface area contributed by atoms with Crippen molar-refractivity contribution < 1.29 is 19.5 Å². The normalized spacial score (nSPS) is 10.4. The standard InChI is InChI=1S/C22H25NO4/c24-20(16-18-10-4-1-5-11-18)23(15-9-3-8-14-22(26)27)21(25)17-19-12-6-2-7-13-19/h1-2,4-7,10-13H,3,8-9,14-17H2,(H,26,27). The topological polar surface area (TPSA) is 74.7 Å². The molecule has 2 rings (SSSR count). The molecule has 5 nitrogen and oxygen atoms in total. The first-order valence-corrected chi connectivity index (χ1v) is 9.19. The van der Waals surface area contributed by atoms with E-state index >= 15 is 0 Å². The SMILES string of the molecule is O=C(O)CCCCCN(C(=O)Cc1ccccc1)C(=O)Cc1ccccc1. The highest BCUT2D eigenvalue weighted by atomic mass is 16.4. The Hall–Kier alpha value is -2.95. The number of carboxylic acid groups (broad SMARTS) is 1. The van der Waals surface area contributed by atoms with E-state index in [9.17, 15) is 14.4 Å². The summed E-state index contributed by atoms with van der Waals surface area (Å²) in [7, 11) is 0. The van der Waals surface area contributed by atoms with Crippen molar-refractivity contribution in [1.29, 1.82) is 0 Å². The first-order valence-electron chi connectivity index (χ1n) is 9.19. The van der Waals surface area contributed by atoms with Gasteiger partial charge in [-0.05, 0) is 24.0 Å². The fourth-order valence-corrected chi connectivity index (χ4v) is 2.84. The summed E-state index contributed by atoms with van der Waals surface area (Å²) in [5, 5.41) is 8.71. The van der Waals surface area contributed by atoms with Crippen molar-refractivity contribution in [2.75, 3.05) is 6.54 Å². The molecule has 5 heteroatoms. The van der Waals surface area contributed by atoms with Gasteiger partial charge in [-0.3, -0.25) is 19.3 Å². The van der Waals surface area contributed by atoms with Gasteiger partial charge in [0, 0.05) is 13.0 Å². The molecular weight excluding hydrogens is 342 g/mol. The summed E-state index contributed by atoms with van der Waals surface area (Å²) in [6.07, 6.45) is 2.28. The summed E-state index contributed by atoms with van der Waals surface area (Å²) in [5.74, 6) is -1.27. The van der Waals surface area contributed by atoms with Crippen LogP contribution >= 0.6 is 0 Å². The zero-order valence-corrected chi connectivity index (χ0v) is 15.3. The van der Waals surface area contributed by atoms with Crippen LogP contribution in [0.15, 0.2) is 60.7 Å². The van der Waals surface area contributed by atoms with E-state index in [-0.39, 0.29) is 31.1 Å². The summed E-state index contributed by atoms with van der Waals surface area (Å²) in [5.41, 5.74) is 1.73. The molecule has 0 aliphatic rings. The van der Waals surface area contributed by atoms with Crippen LogP contribution in [-0.4, -0.2) is 34.3 Å². The highest BCUT2D eigenvalue weighted by molar-refractivity contribution is 5.97. The molecule has 2 amide bonds. The second kappa shape index (κ2) is 10.9. The number of unbranched alkanes of at least 4 members (excludes halogenated alkanes) is 2. The van der Waals surface area contributed by atoms with E-state index in [4.69, 9.17) is 5.11 Å². The number of carbonyl (C=O) groups excluding carboxylic acids is 2. The van der Waals surface area contributed by atoms with Crippen LogP contribution in [0.2, 0.25) is 0 Å². The third kappa shape index (κ3) is 7.44. The lowest BCUT2D eigenvalue weighted by atomic mass is 10.1. The van der Waals surface area contributed by atoms with Crippen LogP contribution in [0, 0.1) is 0 Å². The van der Waals surface area contributed by atoms with Crippen LogP contribution in [0.5, 0.6) is 0 Å². The average Bonchev–Trinajstić information content (AvgIpc) is 2.65. The van der Waals surface area contributed by atoms with Crippen molar-refractivity contribution in [2.24, 2.45) is 0 Å². The van der Waals surface area contributed by atoms with Gasteiger partial charge in [-0.1, -0.05) is 67.1 Å². The molecule has 2 aromatic rings. The minimum absolute atomic E-state index is 0.107. The van der Waals surface area contributed by atoms with Gasteiger partial charge in [-0.15, -0.1) is 0 Å². The number of imide groups is 1. The Bertz CT molecular complexity index is 690. The van der Waals surface area contributed by atoms with E-state index < -0.39 is 5.97 Å². The summed E-state index contributed by atoms with van der Waals surface area (Å²) in [4.78, 5) is 37.4. The van der Waals surface area contributed by atoms with Gasteiger partial charge in [0.15, 0.2) is 0 Å². The third-order valence-electron chi connectivity index (χ3n) is 4.27. The monoisotopic (exact) mass is 367 g/mol. The maximum Gasteiger partial charge on any atom is 0.303 e. The van der Waals surface area contributed by atoms with Crippen LogP contribution in [0.4, 0.5) is 0 Å². The predicted octanol–water partition coefficient (Wildman–Crippen LogP) is 3.47. The Morgan fingerprint density at radius 1 is 0.704 bits per heavy atom. The maximum absolute atomic E-state index is 12.7. The van der Waals surface area contributed by atoms with Gasteiger partial charge in [-0.25, -0.2) is 0 Å². The fourth-order valence-electron chi connectivity index (χ4n) is 2.84. The zero-order valence-electron chi connectivity index (χ0n) is 15.3. The minimum atomic E-state index is -0.827. The molecule has 27 heavy (non-hydrogen) atoms. The number of benzene rings is 2. The predicted molar refractivity (Wildman–Crippen MR) is 103 cm³/mol. The fraction of sp³-hybridized carbons (Fsp3) is 0.318. The summed E-state index contributed by atoms with van der Waals surface area (Å²) >= 11 is 0. The molecule has 142 valence electrons. The Kier molecular flexibility index (Phi) is 8.23. The van der Waals surface area contributed by atoms with E-state index in [1.165, 1.54) is 4.90 Å². The molecule has 0 aromatic heterocycles. The Balaban J connectivity index is 1.99. The largest absolute Gasteiger partial charge is 0.481 e. The summed E-state index contributed by atoms with van der Waals surface area (Å²) < 4.78 is 0. The van der Waals surface area contributed by atoms with Crippen LogP contribution in [-0.2, 0) is 27.2 Å². The molecule has 0 fully saturated rings. The highest BCUT2D eigenvalue weighted by Gasteiger charge is 2.21. The van der Waals surface area contributed by atoms with E-state index in [0.717, 1.165) is 11.1 Å². The van der Waals surface area contributed by atoms with Crippen molar-refractivity contribution in [3.8, 4) is 0 Å². The first-order chi connectivity index (χ1) is 13.1. The molecule has 0 aliphatic heterocycles. The highest BCUT2D eigenvalue weighted by Crippen LogP contribution is 2.10. The first kappa shape index (κ1) is 20.4.